The van der Waals surface area contributed by atoms with E-state index >= 15 is 0 Å². The summed E-state index contributed by atoms with van der Waals surface area (Å²) in [4.78, 5) is 2.03. The number of anilines is 2. The van der Waals surface area contributed by atoms with Crippen LogP contribution in [0.1, 0.15) is 18.9 Å². The highest BCUT2D eigenvalue weighted by Gasteiger charge is 2.27. The molecule has 2 rings (SSSR count). The summed E-state index contributed by atoms with van der Waals surface area (Å²) in [5.41, 5.74) is 8.99. The molecule has 92 valence electrons. The molecular weight excluding hydrogens is 239 g/mol. The number of allylic oxidation sites excluding steroid dienone is 1. The van der Waals surface area contributed by atoms with E-state index in [0.717, 1.165) is 29.8 Å². The first-order chi connectivity index (χ1) is 8.04. The maximum Gasteiger partial charge on any atom is 0.125 e. The van der Waals surface area contributed by atoms with Crippen molar-refractivity contribution in [3.8, 4) is 0 Å². The van der Waals surface area contributed by atoms with E-state index in [1.165, 1.54) is 6.07 Å². The van der Waals surface area contributed by atoms with Crippen molar-refractivity contribution < 1.29 is 4.39 Å². The highest BCUT2D eigenvalue weighted by Crippen LogP contribution is 2.38. The van der Waals surface area contributed by atoms with E-state index in [2.05, 4.69) is 13.5 Å². The number of nitrogens with two attached hydrogens (primary N) is 1. The molecule has 0 aliphatic carbocycles. The zero-order valence-corrected chi connectivity index (χ0v) is 10.6. The summed E-state index contributed by atoms with van der Waals surface area (Å²) < 4.78 is 13.3. The van der Waals surface area contributed by atoms with Crippen LogP contribution in [-0.2, 0) is 6.42 Å². The summed E-state index contributed by atoms with van der Waals surface area (Å²) in [5.74, 6) is 0.0628. The standard InChI is InChI=1S/C13H16ClFN2/c1-8-3-4-10-5-11(15)6-12(16)13(10)17(8)9(2)7-14/h5-6,8H,2-4,7,16H2,1H3. The zero-order valence-electron chi connectivity index (χ0n) is 9.84. The topological polar surface area (TPSA) is 29.3 Å². The van der Waals surface area contributed by atoms with Gasteiger partial charge in [0.05, 0.1) is 17.3 Å². The Morgan fingerprint density at radius 1 is 1.65 bits per heavy atom. The number of alkyl halides is 1. The van der Waals surface area contributed by atoms with Gasteiger partial charge < -0.3 is 10.6 Å². The molecule has 1 aromatic rings. The molecule has 17 heavy (non-hydrogen) atoms. The molecule has 1 heterocycles. The van der Waals surface area contributed by atoms with Crippen LogP contribution in [0.25, 0.3) is 0 Å². The number of rotatable bonds is 2. The minimum Gasteiger partial charge on any atom is -0.397 e. The largest absolute Gasteiger partial charge is 0.397 e. The van der Waals surface area contributed by atoms with Gasteiger partial charge >= 0.3 is 0 Å². The molecule has 0 radical (unpaired) electrons. The van der Waals surface area contributed by atoms with Crippen LogP contribution in [0.4, 0.5) is 15.8 Å². The number of hydrogen-bond acceptors (Lipinski definition) is 2. The predicted octanol–water partition coefficient (Wildman–Crippen LogP) is 3.30. The van der Waals surface area contributed by atoms with Crippen LogP contribution in [0.3, 0.4) is 0 Å². The summed E-state index contributed by atoms with van der Waals surface area (Å²) >= 11 is 5.84. The molecular formula is C13H16ClFN2. The van der Waals surface area contributed by atoms with Crippen LogP contribution in [-0.4, -0.2) is 11.9 Å². The first-order valence-corrected chi connectivity index (χ1v) is 6.19. The van der Waals surface area contributed by atoms with Crippen LogP contribution < -0.4 is 10.6 Å². The summed E-state index contributed by atoms with van der Waals surface area (Å²) in [5, 5.41) is 0. The molecule has 0 fully saturated rings. The van der Waals surface area contributed by atoms with Gasteiger partial charge in [0.1, 0.15) is 5.82 Å². The van der Waals surface area contributed by atoms with Crippen LogP contribution in [0.2, 0.25) is 0 Å². The van der Waals surface area contributed by atoms with Crippen molar-refractivity contribution in [3.63, 3.8) is 0 Å². The zero-order chi connectivity index (χ0) is 12.6. The maximum absolute atomic E-state index is 13.3. The van der Waals surface area contributed by atoms with Gasteiger partial charge in [0.2, 0.25) is 0 Å². The second-order valence-corrected chi connectivity index (χ2v) is 4.73. The number of nitrogen functional groups attached to an aromatic ring is 1. The molecule has 0 amide bonds. The van der Waals surface area contributed by atoms with Crippen molar-refractivity contribution in [2.24, 2.45) is 0 Å². The highest BCUT2D eigenvalue weighted by atomic mass is 35.5. The van der Waals surface area contributed by atoms with Crippen molar-refractivity contribution in [1.29, 1.82) is 0 Å². The number of aryl methyl sites for hydroxylation is 1. The Labute approximate surface area is 106 Å². The smallest absolute Gasteiger partial charge is 0.125 e. The molecule has 0 bridgehead atoms. The maximum atomic E-state index is 13.3. The molecule has 1 aromatic carbocycles. The van der Waals surface area contributed by atoms with E-state index < -0.39 is 0 Å². The molecule has 1 atom stereocenters. The fraction of sp³-hybridized carbons (Fsp3) is 0.385. The van der Waals surface area contributed by atoms with E-state index in [1.54, 1.807) is 6.07 Å². The minimum atomic E-state index is -0.285. The fourth-order valence-corrected chi connectivity index (χ4v) is 2.54. The lowest BCUT2D eigenvalue weighted by Gasteiger charge is -2.38. The van der Waals surface area contributed by atoms with Crippen LogP contribution >= 0.6 is 11.6 Å². The predicted molar refractivity (Wildman–Crippen MR) is 70.9 cm³/mol. The molecule has 1 unspecified atom stereocenters. The van der Waals surface area contributed by atoms with Gasteiger partial charge in [-0.25, -0.2) is 4.39 Å². The highest BCUT2D eigenvalue weighted by molar-refractivity contribution is 6.19. The lowest BCUT2D eigenvalue weighted by molar-refractivity contribution is 0.588. The molecule has 0 saturated carbocycles. The Morgan fingerprint density at radius 2 is 2.35 bits per heavy atom. The Morgan fingerprint density at radius 3 is 3.00 bits per heavy atom. The molecule has 0 aromatic heterocycles. The first-order valence-electron chi connectivity index (χ1n) is 5.65. The molecule has 1 aliphatic heterocycles. The monoisotopic (exact) mass is 254 g/mol. The third kappa shape index (κ3) is 2.12. The Hall–Kier alpha value is -1.22. The van der Waals surface area contributed by atoms with Crippen LogP contribution in [0.5, 0.6) is 0 Å². The van der Waals surface area contributed by atoms with Gasteiger partial charge in [0, 0.05) is 11.7 Å². The molecule has 2 N–H and O–H groups in total. The van der Waals surface area contributed by atoms with E-state index in [-0.39, 0.29) is 5.82 Å². The number of halogens is 2. The van der Waals surface area contributed by atoms with Crippen molar-refractivity contribution in [2.45, 2.75) is 25.8 Å². The lowest BCUT2D eigenvalue weighted by atomic mass is 9.95. The Balaban J connectivity index is 2.54. The van der Waals surface area contributed by atoms with Crippen LogP contribution in [0, 0.1) is 5.82 Å². The van der Waals surface area contributed by atoms with Gasteiger partial charge in [-0.2, -0.15) is 0 Å². The SMILES string of the molecule is C=C(CCl)N1c2c(N)cc(F)cc2CCC1C. The van der Waals surface area contributed by atoms with E-state index in [0.29, 0.717) is 17.6 Å². The molecule has 0 saturated heterocycles. The molecule has 2 nitrogen and oxygen atoms in total. The average molecular weight is 255 g/mol. The second-order valence-electron chi connectivity index (χ2n) is 4.46. The van der Waals surface area contributed by atoms with Gasteiger partial charge in [0.15, 0.2) is 0 Å². The summed E-state index contributed by atoms with van der Waals surface area (Å²) in [7, 11) is 0. The summed E-state index contributed by atoms with van der Waals surface area (Å²) in [6.45, 7) is 6.06. The van der Waals surface area contributed by atoms with Gasteiger partial charge in [0.25, 0.3) is 0 Å². The number of hydrogen-bond donors (Lipinski definition) is 1. The number of fused-ring (bicyclic) bond motifs is 1. The Bertz CT molecular complexity index is 459. The van der Waals surface area contributed by atoms with Crippen molar-refractivity contribution >= 4 is 23.0 Å². The summed E-state index contributed by atoms with van der Waals surface area (Å²) in [6, 6.07) is 3.19. The molecule has 0 spiro atoms. The third-order valence-corrected chi connectivity index (χ3v) is 3.50. The van der Waals surface area contributed by atoms with Gasteiger partial charge in [-0.05, 0) is 37.5 Å². The van der Waals surface area contributed by atoms with Gasteiger partial charge in [-0.15, -0.1) is 11.6 Å². The first kappa shape index (κ1) is 12.2. The van der Waals surface area contributed by atoms with Crippen LogP contribution in [0.15, 0.2) is 24.4 Å². The number of nitrogens with zero attached hydrogens (tertiary/aromatic N) is 1. The average Bonchev–Trinajstić information content (AvgIpc) is 2.28. The summed E-state index contributed by atoms with van der Waals surface area (Å²) in [6.07, 6.45) is 1.79. The number of benzene rings is 1. The fourth-order valence-electron chi connectivity index (χ4n) is 2.41. The van der Waals surface area contributed by atoms with E-state index in [4.69, 9.17) is 17.3 Å². The third-order valence-electron chi connectivity index (χ3n) is 3.19. The van der Waals surface area contributed by atoms with Gasteiger partial charge in [-0.3, -0.25) is 0 Å². The van der Waals surface area contributed by atoms with E-state index in [1.807, 2.05) is 4.90 Å². The Kier molecular flexibility index (Phi) is 3.29. The molecule has 4 heteroatoms. The van der Waals surface area contributed by atoms with Crippen molar-refractivity contribution in [3.05, 3.63) is 35.8 Å². The van der Waals surface area contributed by atoms with E-state index in [9.17, 15) is 4.39 Å². The van der Waals surface area contributed by atoms with Gasteiger partial charge in [-0.1, -0.05) is 6.58 Å². The normalized spacial score (nSPS) is 19.0. The lowest BCUT2D eigenvalue weighted by Crippen LogP contribution is -2.37. The quantitative estimate of drug-likeness (QED) is 0.648. The van der Waals surface area contributed by atoms with Crippen molar-refractivity contribution in [2.75, 3.05) is 16.5 Å². The molecule has 1 aliphatic rings. The second kappa shape index (κ2) is 4.57. The van der Waals surface area contributed by atoms with Crippen molar-refractivity contribution in [1.82, 2.24) is 0 Å². The minimum absolute atomic E-state index is 0.285.